The summed E-state index contributed by atoms with van der Waals surface area (Å²) in [5.41, 5.74) is 5.11. The fraction of sp³-hybridized carbons (Fsp3) is 0.531. The van der Waals surface area contributed by atoms with E-state index in [-0.39, 0.29) is 72.3 Å². The zero-order valence-corrected chi connectivity index (χ0v) is 47.2. The molecular weight excluding hydrogens is 1310 g/mol. The summed E-state index contributed by atoms with van der Waals surface area (Å²) in [7, 11) is 1.32. The van der Waals surface area contributed by atoms with Gasteiger partial charge in [-0.2, -0.15) is 5.10 Å². The van der Waals surface area contributed by atoms with E-state index in [0.717, 1.165) is 10.7 Å². The van der Waals surface area contributed by atoms with Crippen molar-refractivity contribution < 1.29 is 87.3 Å². The maximum absolute atomic E-state index is 14.0. The first-order valence-electron chi connectivity index (χ1n) is 23.7. The van der Waals surface area contributed by atoms with Crippen LogP contribution in [0.4, 0.5) is 0 Å². The normalized spacial score (nSPS) is 21.5. The van der Waals surface area contributed by atoms with Crippen LogP contribution in [0.2, 0.25) is 0 Å². The zero-order chi connectivity index (χ0) is 53.5. The second-order valence-corrected chi connectivity index (χ2v) is 20.7. The van der Waals surface area contributed by atoms with Crippen LogP contribution >= 0.6 is 67.8 Å². The number of phenolic OH excluding ortho intramolecular Hbond substituents is 2. The monoisotopic (exact) mass is 1370 g/mol. The molecule has 1 fully saturated rings. The number of hydrazone groups is 1. The molecule has 3 aromatic carbocycles. The van der Waals surface area contributed by atoms with Crippen molar-refractivity contribution in [3.63, 3.8) is 0 Å². The van der Waals surface area contributed by atoms with E-state index in [1.165, 1.54) is 25.3 Å². The number of nitrogens with one attached hydrogen (secondary N) is 2. The molecule has 25 heteroatoms. The number of phenols is 2. The number of benzene rings is 3. The Hall–Kier alpha value is -3.28. The highest BCUT2D eigenvalue weighted by molar-refractivity contribution is 14.1. The van der Waals surface area contributed by atoms with Crippen LogP contribution in [0.1, 0.15) is 85.6 Å². The van der Waals surface area contributed by atoms with Crippen molar-refractivity contribution in [2.24, 2.45) is 10.8 Å². The lowest BCUT2D eigenvalue weighted by atomic mass is 9.71. The summed E-state index contributed by atoms with van der Waals surface area (Å²) in [6.45, 7) is 4.80. The van der Waals surface area contributed by atoms with Gasteiger partial charge in [0.1, 0.15) is 22.8 Å². The Morgan fingerprint density at radius 1 is 0.851 bits per heavy atom. The van der Waals surface area contributed by atoms with Crippen LogP contribution in [0.5, 0.6) is 17.2 Å². The summed E-state index contributed by atoms with van der Waals surface area (Å²) in [4.78, 5) is 53.3. The van der Waals surface area contributed by atoms with Gasteiger partial charge in [-0.05, 0) is 92.9 Å². The fourth-order valence-corrected chi connectivity index (χ4v) is 10.9. The van der Waals surface area contributed by atoms with Gasteiger partial charge in [0.15, 0.2) is 12.1 Å². The van der Waals surface area contributed by atoms with Crippen LogP contribution in [0.25, 0.3) is 0 Å². The number of hydrogen-bond acceptors (Lipinski definition) is 20. The number of nitrogens with zero attached hydrogens (tertiary/aromatic N) is 1. The van der Waals surface area contributed by atoms with E-state index in [4.69, 9.17) is 48.4 Å². The Kier molecular flexibility index (Phi) is 23.4. The number of carbonyl (C=O) groups is 4. The maximum atomic E-state index is 14.0. The summed E-state index contributed by atoms with van der Waals surface area (Å²) < 4.78 is 53.5. The van der Waals surface area contributed by atoms with Crippen LogP contribution in [-0.2, 0) is 49.1 Å². The zero-order valence-electron chi connectivity index (χ0n) is 40.7. The number of ether oxygens (including phenoxy) is 9. The summed E-state index contributed by atoms with van der Waals surface area (Å²) in [6.07, 6.45) is -5.49. The molecule has 3 aliphatic rings. The molecule has 1 saturated heterocycles. The van der Waals surface area contributed by atoms with Crippen molar-refractivity contribution in [2.75, 3.05) is 99.5 Å². The van der Waals surface area contributed by atoms with Crippen molar-refractivity contribution >= 4 is 96.9 Å². The number of rotatable bonds is 28. The van der Waals surface area contributed by atoms with Crippen LogP contribution < -0.4 is 21.2 Å². The first-order chi connectivity index (χ1) is 35.5. The Bertz CT molecular complexity index is 2490. The smallest absolute Gasteiger partial charge is 0.252 e. The molecule has 0 bridgehead atoms. The van der Waals surface area contributed by atoms with Gasteiger partial charge in [-0.1, -0.05) is 12.1 Å². The number of fused-ring (bicyclic) bond motifs is 3. The molecule has 0 radical (unpaired) electrons. The van der Waals surface area contributed by atoms with Gasteiger partial charge < -0.3 is 79.2 Å². The van der Waals surface area contributed by atoms with Gasteiger partial charge in [0.05, 0.1) is 146 Å². The minimum atomic E-state index is -2.18. The summed E-state index contributed by atoms with van der Waals surface area (Å²) in [5, 5.41) is 63.8. The van der Waals surface area contributed by atoms with Crippen LogP contribution in [0.15, 0.2) is 35.4 Å². The van der Waals surface area contributed by atoms with Gasteiger partial charge in [0, 0.05) is 59.2 Å². The molecule has 1 aliphatic heterocycles. The van der Waals surface area contributed by atoms with E-state index in [1.807, 2.05) is 12.1 Å². The number of carbonyl (C=O) groups excluding carboxylic acids is 4. The molecule has 0 spiro atoms. The van der Waals surface area contributed by atoms with E-state index < -0.39 is 95.8 Å². The molecular formula is C49H61I3N4O18. The lowest BCUT2D eigenvalue weighted by molar-refractivity contribution is -0.245. The van der Waals surface area contributed by atoms with E-state index in [2.05, 4.69) is 83.6 Å². The molecule has 3 aromatic rings. The van der Waals surface area contributed by atoms with Crippen LogP contribution in [0.3, 0.4) is 0 Å². The molecule has 406 valence electrons. The van der Waals surface area contributed by atoms with Gasteiger partial charge in [-0.25, -0.2) is 5.43 Å². The average Bonchev–Trinajstić information content (AvgIpc) is 3.37. The number of methoxy groups -OCH3 is 1. The fourth-order valence-electron chi connectivity index (χ4n) is 8.50. The van der Waals surface area contributed by atoms with Gasteiger partial charge in [-0.15, -0.1) is 0 Å². The Balaban J connectivity index is 0.884. The van der Waals surface area contributed by atoms with Gasteiger partial charge in [-0.3, -0.25) is 19.2 Å². The van der Waals surface area contributed by atoms with Gasteiger partial charge in [0.2, 0.25) is 11.7 Å². The predicted octanol–water partition coefficient (Wildman–Crippen LogP) is 2.64. The molecule has 1 heterocycles. The lowest BCUT2D eigenvalue weighted by Crippen LogP contribution is -2.53. The van der Waals surface area contributed by atoms with Crippen molar-refractivity contribution in [3.8, 4) is 17.2 Å². The minimum Gasteiger partial charge on any atom is -0.507 e. The SMILES string of the molecule is COc1cccc2c1C(=O)c1c(O)c3c(c(O)c1C2=O)C[C@](O)(/C(CO)=N/NC(=O)CCOCCOCCOCCOCCOCCOCCNC(=O)c1cc(I)cc(I)c1I)CC3O[C@H]1CC(N)[C@H](O)C(C)O1. The summed E-state index contributed by atoms with van der Waals surface area (Å²) in [6, 6.07) is 7.46. The molecule has 0 aromatic heterocycles. The lowest BCUT2D eigenvalue weighted by Gasteiger charge is -2.43. The minimum absolute atomic E-state index is 0.0124. The molecule has 9 N–H and O–H groups in total. The highest BCUT2D eigenvalue weighted by Gasteiger charge is 2.49. The van der Waals surface area contributed by atoms with Gasteiger partial charge in [0.25, 0.3) is 5.91 Å². The molecule has 22 nitrogen and oxygen atoms in total. The molecule has 74 heavy (non-hydrogen) atoms. The Morgan fingerprint density at radius 2 is 1.45 bits per heavy atom. The summed E-state index contributed by atoms with van der Waals surface area (Å²) >= 11 is 6.58. The molecule has 2 aliphatic carbocycles. The van der Waals surface area contributed by atoms with Crippen LogP contribution in [0, 0.1) is 10.7 Å². The molecule has 2 amide bonds. The standard InChI is InChI=1S/C49H61I3N4O18/c1-26-43(59)32(53)22-37(73-26)74-34-24-49(65,23-30-39(34)47(63)41-40(45(30)61)44(60)28-4-3-5-33(66-2)38(28)46(41)62)35(25-57)55-56-36(58)6-8-67-10-12-69-14-16-71-18-19-72-17-15-70-13-11-68-9-7-54-48(64)29-20-27(50)21-31(51)42(29)52/h3-5,20-21,26,32,34,37,43,57,59,61,63,65H,6-19,22-25,53H2,1-2H3,(H,54,64)(H,56,58)/b55-35+/t26?,32?,34?,37-,43+,49+/m0/s1. The number of halogens is 3. The molecule has 0 saturated carbocycles. The van der Waals surface area contributed by atoms with Crippen molar-refractivity contribution in [1.82, 2.24) is 10.7 Å². The number of ketones is 2. The van der Waals surface area contributed by atoms with Gasteiger partial charge >= 0.3 is 0 Å². The first kappa shape index (κ1) is 60.0. The average molecular weight is 1370 g/mol. The third-order valence-corrected chi connectivity index (χ3v) is 15.9. The second kappa shape index (κ2) is 28.9. The number of aromatic hydroxyl groups is 2. The van der Waals surface area contributed by atoms with E-state index in [9.17, 15) is 44.7 Å². The largest absolute Gasteiger partial charge is 0.507 e. The summed E-state index contributed by atoms with van der Waals surface area (Å²) in [5.74, 6) is -3.66. The highest BCUT2D eigenvalue weighted by Crippen LogP contribution is 2.52. The third kappa shape index (κ3) is 15.3. The Labute approximate surface area is 468 Å². The first-order valence-corrected chi connectivity index (χ1v) is 26.9. The Morgan fingerprint density at radius 3 is 2.04 bits per heavy atom. The van der Waals surface area contributed by atoms with E-state index in [0.29, 0.717) is 71.6 Å². The third-order valence-electron chi connectivity index (χ3n) is 12.2. The maximum Gasteiger partial charge on any atom is 0.252 e. The number of aliphatic hydroxyl groups excluding tert-OH is 2. The molecule has 6 rings (SSSR count). The molecule has 3 unspecified atom stereocenters. The number of amides is 2. The van der Waals surface area contributed by atoms with Crippen molar-refractivity contribution in [2.45, 2.75) is 68.9 Å². The quantitative estimate of drug-likeness (QED) is 0.0101. The predicted molar refractivity (Wildman–Crippen MR) is 289 cm³/mol. The second-order valence-electron chi connectivity index (χ2n) is 17.3. The van der Waals surface area contributed by atoms with Crippen molar-refractivity contribution in [3.05, 3.63) is 80.0 Å². The number of aliphatic hydroxyl groups is 3. The van der Waals surface area contributed by atoms with Crippen molar-refractivity contribution in [1.29, 1.82) is 0 Å². The number of nitrogens with two attached hydrogens (primary N) is 1. The number of hydrogen-bond donors (Lipinski definition) is 8. The van der Waals surface area contributed by atoms with E-state index >= 15 is 0 Å². The highest BCUT2D eigenvalue weighted by atomic mass is 127. The van der Waals surface area contributed by atoms with E-state index in [1.54, 1.807) is 6.92 Å². The molecule has 6 atom stereocenters. The topological polar surface area (TPSA) is 315 Å². The van der Waals surface area contributed by atoms with Crippen LogP contribution in [-0.4, -0.2) is 184 Å².